The Kier molecular flexibility index (Phi) is 5.34. The van der Waals surface area contributed by atoms with Gasteiger partial charge in [-0.1, -0.05) is 26.7 Å². The van der Waals surface area contributed by atoms with Gasteiger partial charge in [-0.3, -0.25) is 8.86 Å². The van der Waals surface area contributed by atoms with Gasteiger partial charge in [0.1, 0.15) is 0 Å². The molecule has 0 fully saturated rings. The highest BCUT2D eigenvalue weighted by atomic mass is 32.2. The Labute approximate surface area is 109 Å². The molecule has 0 atom stereocenters. The first-order valence-electron chi connectivity index (χ1n) is 6.23. The third-order valence-corrected chi connectivity index (χ3v) is 3.62. The van der Waals surface area contributed by atoms with Gasteiger partial charge in [0, 0.05) is 18.3 Å². The number of hydrogen-bond donors (Lipinski definition) is 0. The Balaban J connectivity index is 2.69. The van der Waals surface area contributed by atoms with Crippen molar-refractivity contribution in [3.63, 3.8) is 0 Å². The number of nitrogens with zero attached hydrogens (tertiary/aromatic N) is 2. The Morgan fingerprint density at radius 2 is 2.00 bits per heavy atom. The molecular formula is C12H22N2O3S. The normalized spacial score (nSPS) is 12.3. The van der Waals surface area contributed by atoms with Gasteiger partial charge in [0.05, 0.1) is 18.6 Å². The lowest BCUT2D eigenvalue weighted by Crippen LogP contribution is -2.09. The third-order valence-electron chi connectivity index (χ3n) is 3.08. The van der Waals surface area contributed by atoms with Crippen LogP contribution < -0.4 is 0 Å². The third kappa shape index (κ3) is 4.78. The van der Waals surface area contributed by atoms with E-state index in [1.165, 1.54) is 0 Å². The van der Waals surface area contributed by atoms with Crippen LogP contribution in [0.5, 0.6) is 0 Å². The summed E-state index contributed by atoms with van der Waals surface area (Å²) in [4.78, 5) is 0. The standard InChI is InChI=1S/C12H22N2O3S/c1-5-11(6-2)7-14-8-12(10(3)13-14)9-17-18(4,15)16/h8,11H,5-7,9H2,1-4H3. The van der Waals surface area contributed by atoms with Crippen molar-refractivity contribution in [2.75, 3.05) is 6.26 Å². The molecule has 1 rings (SSSR count). The highest BCUT2D eigenvalue weighted by Crippen LogP contribution is 2.14. The van der Waals surface area contributed by atoms with E-state index >= 15 is 0 Å². The van der Waals surface area contributed by atoms with Gasteiger partial charge in [0.2, 0.25) is 0 Å². The molecule has 0 radical (unpaired) electrons. The van der Waals surface area contributed by atoms with Crippen LogP contribution in [0.2, 0.25) is 0 Å². The van der Waals surface area contributed by atoms with E-state index in [1.807, 2.05) is 17.8 Å². The lowest BCUT2D eigenvalue weighted by molar-refractivity contribution is 0.310. The summed E-state index contributed by atoms with van der Waals surface area (Å²) < 4.78 is 28.6. The van der Waals surface area contributed by atoms with Crippen molar-refractivity contribution in [3.8, 4) is 0 Å². The maximum Gasteiger partial charge on any atom is 0.264 e. The summed E-state index contributed by atoms with van der Waals surface area (Å²) in [6.07, 6.45) is 5.16. The molecular weight excluding hydrogens is 252 g/mol. The SMILES string of the molecule is CCC(CC)Cn1cc(COS(C)(=O)=O)c(C)n1. The maximum absolute atomic E-state index is 10.9. The zero-order valence-corrected chi connectivity index (χ0v) is 12.3. The lowest BCUT2D eigenvalue weighted by atomic mass is 10.0. The summed E-state index contributed by atoms with van der Waals surface area (Å²) in [6.45, 7) is 7.13. The fourth-order valence-corrected chi connectivity index (χ4v) is 2.12. The number of hydrogen-bond acceptors (Lipinski definition) is 4. The van der Waals surface area contributed by atoms with Crippen molar-refractivity contribution < 1.29 is 12.6 Å². The first-order valence-corrected chi connectivity index (χ1v) is 8.04. The van der Waals surface area contributed by atoms with Gasteiger partial charge in [-0.15, -0.1) is 0 Å². The molecule has 18 heavy (non-hydrogen) atoms. The van der Waals surface area contributed by atoms with Gasteiger partial charge in [-0.25, -0.2) is 0 Å². The van der Waals surface area contributed by atoms with Crippen LogP contribution >= 0.6 is 0 Å². The Hall–Kier alpha value is -0.880. The summed E-state index contributed by atoms with van der Waals surface area (Å²) >= 11 is 0. The van der Waals surface area contributed by atoms with E-state index in [1.54, 1.807) is 0 Å². The quantitative estimate of drug-likeness (QED) is 0.714. The van der Waals surface area contributed by atoms with Crippen LogP contribution in [0.25, 0.3) is 0 Å². The molecule has 0 spiro atoms. The molecule has 1 aromatic rings. The van der Waals surface area contributed by atoms with Crippen LogP contribution in [-0.2, 0) is 27.5 Å². The minimum Gasteiger partial charge on any atom is -0.272 e. The van der Waals surface area contributed by atoms with Crippen LogP contribution in [0.4, 0.5) is 0 Å². The topological polar surface area (TPSA) is 61.2 Å². The first-order chi connectivity index (χ1) is 8.35. The molecule has 0 amide bonds. The molecule has 0 aliphatic heterocycles. The molecule has 104 valence electrons. The van der Waals surface area contributed by atoms with Crippen molar-refractivity contribution in [3.05, 3.63) is 17.5 Å². The lowest BCUT2D eigenvalue weighted by Gasteiger charge is -2.11. The molecule has 6 heteroatoms. The predicted octanol–water partition coefficient (Wildman–Crippen LogP) is 2.10. The van der Waals surface area contributed by atoms with Crippen LogP contribution in [0.1, 0.15) is 37.9 Å². The fourth-order valence-electron chi connectivity index (χ4n) is 1.78. The van der Waals surface area contributed by atoms with Gasteiger partial charge in [0.25, 0.3) is 10.1 Å². The van der Waals surface area contributed by atoms with Crippen LogP contribution in [0.15, 0.2) is 6.20 Å². The van der Waals surface area contributed by atoms with Crippen molar-refractivity contribution in [2.24, 2.45) is 5.92 Å². The van der Waals surface area contributed by atoms with Crippen molar-refractivity contribution in [1.82, 2.24) is 9.78 Å². The van der Waals surface area contributed by atoms with Crippen molar-refractivity contribution in [2.45, 2.75) is 46.8 Å². The molecule has 0 bridgehead atoms. The predicted molar refractivity (Wildman–Crippen MR) is 70.7 cm³/mol. The highest BCUT2D eigenvalue weighted by Gasteiger charge is 2.11. The van der Waals surface area contributed by atoms with Crippen molar-refractivity contribution >= 4 is 10.1 Å². The Morgan fingerprint density at radius 3 is 2.50 bits per heavy atom. The van der Waals surface area contributed by atoms with Gasteiger partial charge < -0.3 is 0 Å². The fraction of sp³-hybridized carbons (Fsp3) is 0.750. The Morgan fingerprint density at radius 1 is 1.39 bits per heavy atom. The summed E-state index contributed by atoms with van der Waals surface area (Å²) in [7, 11) is -3.40. The van der Waals surface area contributed by atoms with Gasteiger partial charge in [-0.05, 0) is 12.8 Å². The van der Waals surface area contributed by atoms with E-state index in [0.29, 0.717) is 5.92 Å². The summed E-state index contributed by atoms with van der Waals surface area (Å²) in [5, 5.41) is 4.39. The second-order valence-electron chi connectivity index (χ2n) is 4.61. The van der Waals surface area contributed by atoms with Crippen molar-refractivity contribution in [1.29, 1.82) is 0 Å². The number of rotatable bonds is 7. The van der Waals surface area contributed by atoms with E-state index in [4.69, 9.17) is 4.18 Å². The largest absolute Gasteiger partial charge is 0.272 e. The monoisotopic (exact) mass is 274 g/mol. The molecule has 0 aromatic carbocycles. The molecule has 0 saturated heterocycles. The van der Waals surface area contributed by atoms with E-state index < -0.39 is 10.1 Å². The summed E-state index contributed by atoms with van der Waals surface area (Å²) in [6, 6.07) is 0. The number of aromatic nitrogens is 2. The Bertz CT molecular complexity index is 476. The smallest absolute Gasteiger partial charge is 0.264 e. The molecule has 5 nitrogen and oxygen atoms in total. The van der Waals surface area contributed by atoms with Crippen LogP contribution in [0, 0.1) is 12.8 Å². The van der Waals surface area contributed by atoms with Gasteiger partial charge in [-0.2, -0.15) is 13.5 Å². The summed E-state index contributed by atoms with van der Waals surface area (Å²) in [5.74, 6) is 0.605. The second-order valence-corrected chi connectivity index (χ2v) is 6.25. The minimum absolute atomic E-state index is 0.0631. The van der Waals surface area contributed by atoms with Gasteiger partial charge in [0.15, 0.2) is 0 Å². The average molecular weight is 274 g/mol. The maximum atomic E-state index is 10.9. The highest BCUT2D eigenvalue weighted by molar-refractivity contribution is 7.85. The number of aryl methyl sites for hydroxylation is 1. The van der Waals surface area contributed by atoms with E-state index in [9.17, 15) is 8.42 Å². The van der Waals surface area contributed by atoms with Crippen LogP contribution in [0.3, 0.4) is 0 Å². The van der Waals surface area contributed by atoms with Gasteiger partial charge >= 0.3 is 0 Å². The zero-order chi connectivity index (χ0) is 13.8. The second kappa shape index (κ2) is 6.33. The zero-order valence-electron chi connectivity index (χ0n) is 11.5. The molecule has 1 heterocycles. The summed E-state index contributed by atoms with van der Waals surface area (Å²) in [5.41, 5.74) is 1.65. The van der Waals surface area contributed by atoms with E-state index in [0.717, 1.165) is 36.9 Å². The molecule has 0 aliphatic rings. The molecule has 0 unspecified atom stereocenters. The van der Waals surface area contributed by atoms with E-state index in [-0.39, 0.29) is 6.61 Å². The average Bonchev–Trinajstić information content (AvgIpc) is 2.63. The van der Waals surface area contributed by atoms with E-state index in [2.05, 4.69) is 18.9 Å². The molecule has 0 saturated carbocycles. The molecule has 1 aromatic heterocycles. The minimum atomic E-state index is -3.40. The molecule has 0 N–H and O–H groups in total. The first kappa shape index (κ1) is 15.2. The van der Waals surface area contributed by atoms with Crippen LogP contribution in [-0.4, -0.2) is 24.5 Å². The molecule has 0 aliphatic carbocycles.